The summed E-state index contributed by atoms with van der Waals surface area (Å²) in [5.41, 5.74) is 8.48. The van der Waals surface area contributed by atoms with Gasteiger partial charge in [0.25, 0.3) is 0 Å². The topological polar surface area (TPSA) is 68.9 Å². The van der Waals surface area contributed by atoms with Crippen molar-refractivity contribution < 1.29 is 4.74 Å². The Morgan fingerprint density at radius 1 is 0.558 bits per heavy atom. The Morgan fingerprint density at radius 2 is 0.977 bits per heavy atom. The second-order valence-electron chi connectivity index (χ2n) is 13.3. The molecule has 4 aromatic carbocycles. The Bertz CT molecular complexity index is 1810. The zero-order valence-electron chi connectivity index (χ0n) is 26.3. The van der Waals surface area contributed by atoms with E-state index < -0.39 is 0 Å². The predicted molar refractivity (Wildman–Crippen MR) is 178 cm³/mol. The van der Waals surface area contributed by atoms with Gasteiger partial charge in [-0.2, -0.15) is 0 Å². The first-order valence-corrected chi connectivity index (χ1v) is 14.7. The molecule has 6 rings (SSSR count). The van der Waals surface area contributed by atoms with Gasteiger partial charge in [-0.05, 0) is 70.5 Å². The monoisotopic (exact) mass is 572 g/mol. The molecule has 0 saturated heterocycles. The molecule has 43 heavy (non-hydrogen) atoms. The van der Waals surface area contributed by atoms with Gasteiger partial charge in [-0.15, -0.1) is 0 Å². The van der Waals surface area contributed by atoms with Crippen LogP contribution in [0.1, 0.15) is 52.7 Å². The van der Waals surface area contributed by atoms with E-state index in [4.69, 9.17) is 14.7 Å². The molecule has 0 fully saturated rings. The molecule has 0 unspecified atom stereocenters. The molecular formula is C36H40N6O. The van der Waals surface area contributed by atoms with Crippen LogP contribution in [0.25, 0.3) is 22.1 Å². The normalized spacial score (nSPS) is 12.2. The average Bonchev–Trinajstić information content (AvgIpc) is 3.42. The molecular weight excluding hydrogens is 532 g/mol. The molecule has 220 valence electrons. The molecule has 6 aromatic rings. The quantitative estimate of drug-likeness (QED) is 0.208. The van der Waals surface area contributed by atoms with Crippen molar-refractivity contribution in [3.05, 3.63) is 96.1 Å². The summed E-state index contributed by atoms with van der Waals surface area (Å²) in [6.45, 7) is 13.3. The molecule has 0 spiro atoms. The number of anilines is 4. The minimum absolute atomic E-state index is 0.0741. The van der Waals surface area contributed by atoms with Crippen molar-refractivity contribution >= 4 is 45.3 Å². The van der Waals surface area contributed by atoms with Gasteiger partial charge in [0.2, 0.25) is 11.9 Å². The highest BCUT2D eigenvalue weighted by atomic mass is 16.5. The third kappa shape index (κ3) is 5.80. The van der Waals surface area contributed by atoms with Crippen molar-refractivity contribution in [2.24, 2.45) is 14.1 Å². The number of nitrogens with one attached hydrogen (secondary N) is 2. The van der Waals surface area contributed by atoms with Gasteiger partial charge in [-0.3, -0.25) is 0 Å². The largest absolute Gasteiger partial charge is 0.457 e. The first kappa shape index (κ1) is 28.3. The summed E-state index contributed by atoms with van der Waals surface area (Å²) in [6, 6.07) is 29.0. The number of benzene rings is 4. The molecule has 0 aliphatic rings. The molecule has 2 aromatic heterocycles. The number of hydrogen-bond donors (Lipinski definition) is 2. The van der Waals surface area contributed by atoms with Crippen LogP contribution >= 0.6 is 0 Å². The molecule has 0 bridgehead atoms. The van der Waals surface area contributed by atoms with Gasteiger partial charge in [0.15, 0.2) is 0 Å². The summed E-state index contributed by atoms with van der Waals surface area (Å²) in [7, 11) is 4.04. The zero-order chi connectivity index (χ0) is 30.5. The van der Waals surface area contributed by atoms with E-state index in [1.54, 1.807) is 0 Å². The lowest BCUT2D eigenvalue weighted by Gasteiger charge is -2.20. The number of hydrogen-bond acceptors (Lipinski definition) is 5. The van der Waals surface area contributed by atoms with E-state index in [2.05, 4.69) is 110 Å². The Labute approximate surface area is 253 Å². The second-order valence-corrected chi connectivity index (χ2v) is 13.3. The summed E-state index contributed by atoms with van der Waals surface area (Å²) in [5.74, 6) is 3.00. The summed E-state index contributed by atoms with van der Waals surface area (Å²) in [5, 5.41) is 6.99. The van der Waals surface area contributed by atoms with Crippen LogP contribution in [0.4, 0.5) is 23.3 Å². The second kappa shape index (κ2) is 10.5. The Hall–Kier alpha value is -4.78. The third-order valence-electron chi connectivity index (χ3n) is 7.91. The number of fused-ring (bicyclic) bond motifs is 2. The van der Waals surface area contributed by atoms with E-state index in [0.29, 0.717) is 0 Å². The van der Waals surface area contributed by atoms with Crippen LogP contribution in [0.2, 0.25) is 0 Å². The lowest BCUT2D eigenvalue weighted by molar-refractivity contribution is 0.484. The van der Waals surface area contributed by atoms with Crippen molar-refractivity contribution in [3.63, 3.8) is 0 Å². The van der Waals surface area contributed by atoms with Gasteiger partial charge in [-0.1, -0.05) is 65.8 Å². The highest BCUT2D eigenvalue weighted by Gasteiger charge is 2.17. The van der Waals surface area contributed by atoms with Crippen LogP contribution in [-0.2, 0) is 24.9 Å². The third-order valence-corrected chi connectivity index (χ3v) is 7.91. The summed E-state index contributed by atoms with van der Waals surface area (Å²) >= 11 is 0. The maximum absolute atomic E-state index is 6.30. The number of aromatic nitrogens is 4. The van der Waals surface area contributed by atoms with Gasteiger partial charge in [-0.25, -0.2) is 9.97 Å². The fourth-order valence-electron chi connectivity index (χ4n) is 5.23. The summed E-state index contributed by atoms with van der Waals surface area (Å²) in [6.07, 6.45) is 0. The van der Waals surface area contributed by atoms with E-state index in [0.717, 1.165) is 56.8 Å². The van der Waals surface area contributed by atoms with Crippen LogP contribution in [0.3, 0.4) is 0 Å². The summed E-state index contributed by atoms with van der Waals surface area (Å²) < 4.78 is 10.4. The maximum Gasteiger partial charge on any atom is 0.208 e. The Balaban J connectivity index is 1.22. The van der Waals surface area contributed by atoms with Crippen LogP contribution in [0.5, 0.6) is 11.5 Å². The van der Waals surface area contributed by atoms with Gasteiger partial charge < -0.3 is 24.5 Å². The number of rotatable bonds is 6. The molecule has 0 aliphatic heterocycles. The standard InChI is InChI=1S/C36H40N6O/c1-35(2,3)23-11-9-13-25(19-23)37-33-39-29-21-27(15-17-31(29)41(33)7)43-28-16-18-32-30(22-28)40-34(42(32)8)38-26-14-10-12-24(20-26)36(4,5)6/h9-22H,1-8H3,(H,37,39)(H,38,40). The Kier molecular flexibility index (Phi) is 6.92. The predicted octanol–water partition coefficient (Wildman–Crippen LogP) is 9.33. The minimum atomic E-state index is 0.0741. The average molecular weight is 573 g/mol. The number of aryl methyl sites for hydroxylation is 2. The van der Waals surface area contributed by atoms with E-state index in [9.17, 15) is 0 Å². The van der Waals surface area contributed by atoms with Crippen molar-refractivity contribution in [2.75, 3.05) is 10.6 Å². The fraction of sp³-hybridized carbons (Fsp3) is 0.278. The van der Waals surface area contributed by atoms with Gasteiger partial charge >= 0.3 is 0 Å². The summed E-state index contributed by atoms with van der Waals surface area (Å²) in [4.78, 5) is 9.75. The molecule has 0 atom stereocenters. The molecule has 7 nitrogen and oxygen atoms in total. The lowest BCUT2D eigenvalue weighted by atomic mass is 9.87. The van der Waals surface area contributed by atoms with Crippen molar-refractivity contribution in [1.29, 1.82) is 0 Å². The molecule has 0 aliphatic carbocycles. The van der Waals surface area contributed by atoms with E-state index in [-0.39, 0.29) is 10.8 Å². The SMILES string of the molecule is Cn1c(Nc2cccc(C(C)(C)C)c2)nc2cc(Oc3ccc4c(c3)nc(Nc3cccc(C(C)(C)C)c3)n4C)ccc21. The van der Waals surface area contributed by atoms with Crippen molar-refractivity contribution in [1.82, 2.24) is 19.1 Å². The number of ether oxygens (including phenoxy) is 1. The molecule has 2 N–H and O–H groups in total. The van der Waals surface area contributed by atoms with Crippen LogP contribution < -0.4 is 15.4 Å². The van der Waals surface area contributed by atoms with E-state index in [1.807, 2.05) is 50.5 Å². The highest BCUT2D eigenvalue weighted by Crippen LogP contribution is 2.32. The molecule has 0 saturated carbocycles. The highest BCUT2D eigenvalue weighted by molar-refractivity contribution is 5.83. The fourth-order valence-corrected chi connectivity index (χ4v) is 5.23. The first-order valence-electron chi connectivity index (χ1n) is 14.7. The van der Waals surface area contributed by atoms with E-state index in [1.165, 1.54) is 11.1 Å². The van der Waals surface area contributed by atoms with Gasteiger partial charge in [0.1, 0.15) is 11.5 Å². The first-order chi connectivity index (χ1) is 20.3. The van der Waals surface area contributed by atoms with Crippen LogP contribution in [-0.4, -0.2) is 19.1 Å². The molecule has 7 heteroatoms. The van der Waals surface area contributed by atoms with Crippen LogP contribution in [0.15, 0.2) is 84.9 Å². The van der Waals surface area contributed by atoms with Gasteiger partial charge in [0, 0.05) is 37.6 Å². The van der Waals surface area contributed by atoms with Crippen LogP contribution in [0, 0.1) is 0 Å². The minimum Gasteiger partial charge on any atom is -0.457 e. The molecule has 0 radical (unpaired) electrons. The number of nitrogens with zero attached hydrogens (tertiary/aromatic N) is 4. The van der Waals surface area contributed by atoms with E-state index >= 15 is 0 Å². The Morgan fingerprint density at radius 3 is 1.37 bits per heavy atom. The lowest BCUT2D eigenvalue weighted by Crippen LogP contribution is -2.11. The maximum atomic E-state index is 6.30. The molecule has 2 heterocycles. The smallest absolute Gasteiger partial charge is 0.208 e. The van der Waals surface area contributed by atoms with Crippen molar-refractivity contribution in [3.8, 4) is 11.5 Å². The van der Waals surface area contributed by atoms with Gasteiger partial charge in [0.05, 0.1) is 22.1 Å². The van der Waals surface area contributed by atoms with Crippen molar-refractivity contribution in [2.45, 2.75) is 52.4 Å². The zero-order valence-corrected chi connectivity index (χ0v) is 26.3. The number of imidazole rings is 2. The molecule has 0 amide bonds.